The molecule has 2 aromatic carbocycles. The molecule has 0 saturated heterocycles. The summed E-state index contributed by atoms with van der Waals surface area (Å²) in [6.45, 7) is 0. The second kappa shape index (κ2) is 6.67. The van der Waals surface area contributed by atoms with Gasteiger partial charge in [-0.15, -0.1) is 0 Å². The summed E-state index contributed by atoms with van der Waals surface area (Å²) in [4.78, 5) is 12.3. The molecule has 5 heteroatoms. The summed E-state index contributed by atoms with van der Waals surface area (Å²) in [5, 5.41) is 4.66. The van der Waals surface area contributed by atoms with Crippen LogP contribution in [0.2, 0.25) is 5.02 Å². The van der Waals surface area contributed by atoms with Crippen molar-refractivity contribution in [2.24, 2.45) is 0 Å². The van der Waals surface area contributed by atoms with E-state index in [9.17, 15) is 4.79 Å². The highest BCUT2D eigenvalue weighted by Gasteiger charge is 2.12. The van der Waals surface area contributed by atoms with E-state index in [2.05, 4.69) is 5.16 Å². The van der Waals surface area contributed by atoms with Gasteiger partial charge in [-0.05, 0) is 36.4 Å². The standard InChI is InChI=1S/C18H14ClNO3/c1-22-15-8-4-13(5-9-15)18(21)11-16-10-17(20-23-16)12-2-6-14(19)7-3-12/h2-10H,11H2,1H3. The molecule has 0 bridgehead atoms. The summed E-state index contributed by atoms with van der Waals surface area (Å²) in [6, 6.07) is 16.0. The predicted octanol–water partition coefficient (Wildman–Crippen LogP) is 4.43. The molecule has 0 amide bonds. The van der Waals surface area contributed by atoms with Crippen LogP contribution in [0.4, 0.5) is 0 Å². The largest absolute Gasteiger partial charge is 0.497 e. The van der Waals surface area contributed by atoms with Gasteiger partial charge < -0.3 is 9.26 Å². The average molecular weight is 328 g/mol. The van der Waals surface area contributed by atoms with Crippen LogP contribution >= 0.6 is 11.6 Å². The molecule has 0 saturated carbocycles. The van der Waals surface area contributed by atoms with Crippen molar-refractivity contribution in [3.8, 4) is 17.0 Å². The molecule has 0 radical (unpaired) electrons. The number of halogens is 1. The van der Waals surface area contributed by atoms with Gasteiger partial charge in [0.15, 0.2) is 5.78 Å². The highest BCUT2D eigenvalue weighted by atomic mass is 35.5. The number of carbonyl (C=O) groups is 1. The molecule has 0 unspecified atom stereocenters. The zero-order valence-corrected chi connectivity index (χ0v) is 13.2. The fraction of sp³-hybridized carbons (Fsp3) is 0.111. The van der Waals surface area contributed by atoms with Crippen molar-refractivity contribution in [3.05, 3.63) is 70.9 Å². The SMILES string of the molecule is COc1ccc(C(=O)Cc2cc(-c3ccc(Cl)cc3)no2)cc1. The molecule has 0 aliphatic carbocycles. The van der Waals surface area contributed by atoms with Crippen molar-refractivity contribution in [1.82, 2.24) is 5.16 Å². The Morgan fingerprint density at radius 3 is 2.48 bits per heavy atom. The number of methoxy groups -OCH3 is 1. The molecule has 116 valence electrons. The molecule has 23 heavy (non-hydrogen) atoms. The number of carbonyl (C=O) groups excluding carboxylic acids is 1. The Labute approximate surface area is 138 Å². The predicted molar refractivity (Wildman–Crippen MR) is 88.0 cm³/mol. The first-order chi connectivity index (χ1) is 11.2. The lowest BCUT2D eigenvalue weighted by molar-refractivity contribution is 0.0984. The molecule has 0 spiro atoms. The Balaban J connectivity index is 1.73. The molecule has 0 N–H and O–H groups in total. The fourth-order valence-electron chi connectivity index (χ4n) is 2.19. The zero-order chi connectivity index (χ0) is 16.2. The molecular formula is C18H14ClNO3. The summed E-state index contributed by atoms with van der Waals surface area (Å²) in [5.41, 5.74) is 2.18. The molecule has 0 aliphatic rings. The van der Waals surface area contributed by atoms with Gasteiger partial charge in [-0.25, -0.2) is 0 Å². The second-order valence-corrected chi connectivity index (χ2v) is 5.45. The summed E-state index contributed by atoms with van der Waals surface area (Å²) in [6.07, 6.45) is 0.160. The maximum atomic E-state index is 12.3. The van der Waals surface area contributed by atoms with Gasteiger partial charge in [-0.2, -0.15) is 0 Å². The van der Waals surface area contributed by atoms with Crippen LogP contribution in [0.5, 0.6) is 5.75 Å². The van der Waals surface area contributed by atoms with Crippen LogP contribution in [0.15, 0.2) is 59.1 Å². The van der Waals surface area contributed by atoms with E-state index in [4.69, 9.17) is 20.9 Å². The molecule has 4 nitrogen and oxygen atoms in total. The Morgan fingerprint density at radius 2 is 1.83 bits per heavy atom. The number of ether oxygens (including phenoxy) is 1. The van der Waals surface area contributed by atoms with Crippen LogP contribution in [-0.2, 0) is 6.42 Å². The lowest BCUT2D eigenvalue weighted by Gasteiger charge is -2.01. The Morgan fingerprint density at radius 1 is 1.13 bits per heavy atom. The number of hydrogen-bond acceptors (Lipinski definition) is 4. The van der Waals surface area contributed by atoms with E-state index in [1.165, 1.54) is 0 Å². The second-order valence-electron chi connectivity index (χ2n) is 5.01. The van der Waals surface area contributed by atoms with Crippen molar-refractivity contribution in [3.63, 3.8) is 0 Å². The number of hydrogen-bond donors (Lipinski definition) is 0. The quantitative estimate of drug-likeness (QED) is 0.650. The number of nitrogens with zero attached hydrogens (tertiary/aromatic N) is 1. The zero-order valence-electron chi connectivity index (χ0n) is 12.5. The molecule has 0 fully saturated rings. The minimum Gasteiger partial charge on any atom is -0.497 e. The molecular weight excluding hydrogens is 314 g/mol. The third-order valence-corrected chi connectivity index (χ3v) is 3.70. The first-order valence-electron chi connectivity index (χ1n) is 7.04. The van der Waals surface area contributed by atoms with E-state index < -0.39 is 0 Å². The maximum Gasteiger partial charge on any atom is 0.170 e. The van der Waals surface area contributed by atoms with E-state index in [1.807, 2.05) is 12.1 Å². The van der Waals surface area contributed by atoms with Gasteiger partial charge in [0, 0.05) is 22.2 Å². The van der Waals surface area contributed by atoms with Crippen LogP contribution < -0.4 is 4.74 Å². The normalized spacial score (nSPS) is 10.5. The Bertz CT molecular complexity index is 807. The third kappa shape index (κ3) is 3.60. The van der Waals surface area contributed by atoms with Crippen LogP contribution in [0.25, 0.3) is 11.3 Å². The number of aromatic nitrogens is 1. The van der Waals surface area contributed by atoms with Crippen LogP contribution in [0, 0.1) is 0 Å². The van der Waals surface area contributed by atoms with Gasteiger partial charge in [0.2, 0.25) is 0 Å². The Hall–Kier alpha value is -2.59. The van der Waals surface area contributed by atoms with Crippen molar-refractivity contribution in [2.45, 2.75) is 6.42 Å². The summed E-state index contributed by atoms with van der Waals surface area (Å²) in [5.74, 6) is 1.20. The number of rotatable bonds is 5. The van der Waals surface area contributed by atoms with Gasteiger partial charge >= 0.3 is 0 Å². The van der Waals surface area contributed by atoms with Gasteiger partial charge in [0.05, 0.1) is 13.5 Å². The third-order valence-electron chi connectivity index (χ3n) is 3.45. The lowest BCUT2D eigenvalue weighted by atomic mass is 10.1. The van der Waals surface area contributed by atoms with Crippen LogP contribution in [-0.4, -0.2) is 18.0 Å². The van der Waals surface area contributed by atoms with E-state index in [-0.39, 0.29) is 12.2 Å². The van der Waals surface area contributed by atoms with E-state index in [0.29, 0.717) is 27.8 Å². The highest BCUT2D eigenvalue weighted by molar-refractivity contribution is 6.30. The van der Waals surface area contributed by atoms with Crippen LogP contribution in [0.1, 0.15) is 16.1 Å². The average Bonchev–Trinajstić information content (AvgIpc) is 3.04. The van der Waals surface area contributed by atoms with E-state index in [1.54, 1.807) is 49.6 Å². The minimum absolute atomic E-state index is 0.0357. The topological polar surface area (TPSA) is 52.3 Å². The molecule has 3 aromatic rings. The minimum atomic E-state index is -0.0357. The van der Waals surface area contributed by atoms with Crippen molar-refractivity contribution in [2.75, 3.05) is 7.11 Å². The first-order valence-corrected chi connectivity index (χ1v) is 7.42. The van der Waals surface area contributed by atoms with E-state index in [0.717, 1.165) is 5.56 Å². The van der Waals surface area contributed by atoms with Crippen molar-refractivity contribution < 1.29 is 14.1 Å². The van der Waals surface area contributed by atoms with E-state index >= 15 is 0 Å². The number of benzene rings is 2. The molecule has 0 atom stereocenters. The summed E-state index contributed by atoms with van der Waals surface area (Å²) < 4.78 is 10.3. The Kier molecular flexibility index (Phi) is 4.44. The number of Topliss-reactive ketones (excluding diaryl/α,β-unsaturated/α-hetero) is 1. The molecule has 0 aliphatic heterocycles. The molecule has 1 heterocycles. The first kappa shape index (κ1) is 15.3. The van der Waals surface area contributed by atoms with Gasteiger partial charge in [-0.1, -0.05) is 28.9 Å². The van der Waals surface area contributed by atoms with Crippen LogP contribution in [0.3, 0.4) is 0 Å². The van der Waals surface area contributed by atoms with Gasteiger partial charge in [0.25, 0.3) is 0 Å². The molecule has 1 aromatic heterocycles. The smallest absolute Gasteiger partial charge is 0.170 e. The summed E-state index contributed by atoms with van der Waals surface area (Å²) in [7, 11) is 1.59. The fourth-order valence-corrected chi connectivity index (χ4v) is 2.32. The monoisotopic (exact) mass is 327 g/mol. The highest BCUT2D eigenvalue weighted by Crippen LogP contribution is 2.22. The van der Waals surface area contributed by atoms with Crippen molar-refractivity contribution in [1.29, 1.82) is 0 Å². The van der Waals surface area contributed by atoms with Gasteiger partial charge in [0.1, 0.15) is 17.2 Å². The summed E-state index contributed by atoms with van der Waals surface area (Å²) >= 11 is 5.87. The number of ketones is 1. The molecule has 3 rings (SSSR count). The maximum absolute atomic E-state index is 12.3. The van der Waals surface area contributed by atoms with Gasteiger partial charge in [-0.3, -0.25) is 4.79 Å². The lowest BCUT2D eigenvalue weighted by Crippen LogP contribution is -2.02. The van der Waals surface area contributed by atoms with Crippen molar-refractivity contribution >= 4 is 17.4 Å².